The van der Waals surface area contributed by atoms with Gasteiger partial charge in [0, 0.05) is 16.5 Å². The van der Waals surface area contributed by atoms with E-state index in [1.807, 2.05) is 36.4 Å². The molecule has 0 spiro atoms. The molecule has 0 unspecified atom stereocenters. The molecular weight excluding hydrogens is 243 g/mol. The molecule has 2 rings (SSSR count). The van der Waals surface area contributed by atoms with Crippen molar-refractivity contribution in [3.63, 3.8) is 0 Å². The van der Waals surface area contributed by atoms with Crippen LogP contribution < -0.4 is 0 Å². The average Bonchev–Trinajstić information content (AvgIpc) is 2.32. The van der Waals surface area contributed by atoms with Crippen LogP contribution >= 0.6 is 0 Å². The van der Waals surface area contributed by atoms with Crippen LogP contribution in [0, 0.1) is 0 Å². The van der Waals surface area contributed by atoms with Gasteiger partial charge in [0.25, 0.3) is 0 Å². The van der Waals surface area contributed by atoms with Gasteiger partial charge in [0.15, 0.2) is 0 Å². The van der Waals surface area contributed by atoms with Crippen molar-refractivity contribution < 1.29 is 21.2 Å². The molecule has 16 heavy (non-hydrogen) atoms. The van der Waals surface area contributed by atoms with Crippen LogP contribution in [0.5, 0.6) is 0 Å². The summed E-state index contributed by atoms with van der Waals surface area (Å²) >= 11 is 0. The van der Waals surface area contributed by atoms with E-state index in [0.29, 0.717) is 13.2 Å². The van der Waals surface area contributed by atoms with E-state index < -0.39 is 0 Å². The van der Waals surface area contributed by atoms with Crippen LogP contribution in [-0.4, -0.2) is 0 Å². The fourth-order valence-corrected chi connectivity index (χ4v) is 1.44. The minimum absolute atomic E-state index is 0. The second kappa shape index (κ2) is 7.21. The molecule has 0 atom stereocenters. The van der Waals surface area contributed by atoms with Crippen LogP contribution in [-0.2, 0) is 34.4 Å². The first-order valence-corrected chi connectivity index (χ1v) is 5.11. The Bertz CT molecular complexity index is 346. The van der Waals surface area contributed by atoms with Crippen molar-refractivity contribution in [1.29, 1.82) is 0 Å². The zero-order chi connectivity index (χ0) is 10.3. The summed E-state index contributed by atoms with van der Waals surface area (Å²) in [5.74, 6) is 0. The molecular formula is C14H14NiO. The molecule has 0 aliphatic rings. The molecule has 0 radical (unpaired) electrons. The molecule has 2 heteroatoms. The Labute approximate surface area is 106 Å². The molecule has 1 nitrogen and oxygen atoms in total. The first kappa shape index (κ1) is 13.0. The van der Waals surface area contributed by atoms with Gasteiger partial charge in [0.05, 0.1) is 13.2 Å². The molecule has 0 fully saturated rings. The third kappa shape index (κ3) is 4.18. The van der Waals surface area contributed by atoms with Crippen LogP contribution in [0.2, 0.25) is 0 Å². The number of ether oxygens (including phenoxy) is 1. The first-order valence-electron chi connectivity index (χ1n) is 5.11. The Morgan fingerprint density at radius 2 is 1.00 bits per heavy atom. The fraction of sp³-hybridized carbons (Fsp3) is 0.143. The van der Waals surface area contributed by atoms with Gasteiger partial charge in [-0.3, -0.25) is 0 Å². The fourth-order valence-electron chi connectivity index (χ4n) is 1.44. The quantitative estimate of drug-likeness (QED) is 0.762. The summed E-state index contributed by atoms with van der Waals surface area (Å²) in [5.41, 5.74) is 2.43. The van der Waals surface area contributed by atoms with Gasteiger partial charge in [0.2, 0.25) is 0 Å². The van der Waals surface area contributed by atoms with E-state index in [9.17, 15) is 0 Å². The van der Waals surface area contributed by atoms with Crippen LogP contribution in [0.1, 0.15) is 11.1 Å². The van der Waals surface area contributed by atoms with Gasteiger partial charge < -0.3 is 4.74 Å². The summed E-state index contributed by atoms with van der Waals surface area (Å²) in [6.45, 7) is 1.35. The van der Waals surface area contributed by atoms with E-state index in [1.165, 1.54) is 11.1 Å². The van der Waals surface area contributed by atoms with Crippen LogP contribution in [0.4, 0.5) is 0 Å². The summed E-state index contributed by atoms with van der Waals surface area (Å²) in [7, 11) is 0. The van der Waals surface area contributed by atoms with Crippen molar-refractivity contribution in [1.82, 2.24) is 0 Å². The predicted octanol–water partition coefficient (Wildman–Crippen LogP) is 3.40. The third-order valence-corrected chi connectivity index (χ3v) is 2.22. The normalized spacial score (nSPS) is 9.50. The van der Waals surface area contributed by atoms with Crippen molar-refractivity contribution >= 4 is 0 Å². The number of hydrogen-bond donors (Lipinski definition) is 0. The predicted molar refractivity (Wildman–Crippen MR) is 61.4 cm³/mol. The zero-order valence-electron chi connectivity index (χ0n) is 8.91. The monoisotopic (exact) mass is 256 g/mol. The van der Waals surface area contributed by atoms with Crippen molar-refractivity contribution in [2.45, 2.75) is 13.2 Å². The summed E-state index contributed by atoms with van der Waals surface area (Å²) in [6.07, 6.45) is 0. The molecule has 0 saturated heterocycles. The SMILES string of the molecule is [Ni].c1ccc(COCc2ccccc2)cc1. The van der Waals surface area contributed by atoms with Gasteiger partial charge in [-0.05, 0) is 11.1 Å². The Morgan fingerprint density at radius 3 is 1.38 bits per heavy atom. The smallest absolute Gasteiger partial charge is 0.0721 e. The Kier molecular flexibility index (Phi) is 5.84. The van der Waals surface area contributed by atoms with Crippen LogP contribution in [0.25, 0.3) is 0 Å². The van der Waals surface area contributed by atoms with Gasteiger partial charge in [-0.1, -0.05) is 60.7 Å². The van der Waals surface area contributed by atoms with Crippen LogP contribution in [0.3, 0.4) is 0 Å². The largest absolute Gasteiger partial charge is 0.372 e. The Hall–Kier alpha value is -1.11. The molecule has 0 bridgehead atoms. The summed E-state index contributed by atoms with van der Waals surface area (Å²) < 4.78 is 5.61. The minimum atomic E-state index is 0. The van der Waals surface area contributed by atoms with Gasteiger partial charge >= 0.3 is 0 Å². The molecule has 0 aromatic heterocycles. The maximum atomic E-state index is 5.61. The van der Waals surface area contributed by atoms with E-state index in [2.05, 4.69) is 24.3 Å². The first-order chi connectivity index (χ1) is 7.45. The van der Waals surface area contributed by atoms with Crippen molar-refractivity contribution in [2.75, 3.05) is 0 Å². The molecule has 2 aromatic carbocycles. The molecule has 86 valence electrons. The van der Waals surface area contributed by atoms with Crippen LogP contribution in [0.15, 0.2) is 60.7 Å². The number of benzene rings is 2. The van der Waals surface area contributed by atoms with Crippen molar-refractivity contribution in [3.05, 3.63) is 71.8 Å². The molecule has 2 aromatic rings. The van der Waals surface area contributed by atoms with Crippen molar-refractivity contribution in [3.8, 4) is 0 Å². The molecule has 0 aliphatic carbocycles. The van der Waals surface area contributed by atoms with E-state index in [4.69, 9.17) is 4.74 Å². The van der Waals surface area contributed by atoms with Gasteiger partial charge in [-0.25, -0.2) is 0 Å². The Balaban J connectivity index is 0.00000128. The van der Waals surface area contributed by atoms with E-state index >= 15 is 0 Å². The standard InChI is InChI=1S/C14H14O.Ni/c1-3-7-13(8-4-1)11-15-12-14-9-5-2-6-10-14;/h1-10H,11-12H2;. The maximum Gasteiger partial charge on any atom is 0.0721 e. The van der Waals surface area contributed by atoms with Gasteiger partial charge in [0.1, 0.15) is 0 Å². The summed E-state index contributed by atoms with van der Waals surface area (Å²) in [5, 5.41) is 0. The topological polar surface area (TPSA) is 9.23 Å². The average molecular weight is 257 g/mol. The number of hydrogen-bond acceptors (Lipinski definition) is 1. The third-order valence-electron chi connectivity index (χ3n) is 2.22. The molecule has 0 N–H and O–H groups in total. The second-order valence-corrected chi connectivity index (χ2v) is 3.46. The second-order valence-electron chi connectivity index (χ2n) is 3.46. The maximum absolute atomic E-state index is 5.61. The van der Waals surface area contributed by atoms with E-state index in [1.54, 1.807) is 0 Å². The van der Waals surface area contributed by atoms with E-state index in [-0.39, 0.29) is 16.5 Å². The minimum Gasteiger partial charge on any atom is -0.372 e. The van der Waals surface area contributed by atoms with Crippen molar-refractivity contribution in [2.24, 2.45) is 0 Å². The molecule has 0 amide bonds. The summed E-state index contributed by atoms with van der Waals surface area (Å²) in [6, 6.07) is 20.4. The molecule has 0 heterocycles. The zero-order valence-corrected chi connectivity index (χ0v) is 9.90. The molecule has 0 saturated carbocycles. The summed E-state index contributed by atoms with van der Waals surface area (Å²) in [4.78, 5) is 0. The van der Waals surface area contributed by atoms with Gasteiger partial charge in [-0.15, -0.1) is 0 Å². The van der Waals surface area contributed by atoms with E-state index in [0.717, 1.165) is 0 Å². The molecule has 0 aliphatic heterocycles. The Morgan fingerprint density at radius 1 is 0.625 bits per heavy atom. The van der Waals surface area contributed by atoms with Gasteiger partial charge in [-0.2, -0.15) is 0 Å². The number of rotatable bonds is 4.